The van der Waals surface area contributed by atoms with Crippen molar-refractivity contribution >= 4 is 28.5 Å². The van der Waals surface area contributed by atoms with Crippen molar-refractivity contribution < 1.29 is 14.7 Å². The Balaban J connectivity index is 2.17. The quantitative estimate of drug-likeness (QED) is 0.808. The van der Waals surface area contributed by atoms with Crippen LogP contribution in [0.2, 0.25) is 0 Å². The second-order valence-corrected chi connectivity index (χ2v) is 5.19. The van der Waals surface area contributed by atoms with Gasteiger partial charge in [0.2, 0.25) is 0 Å². The SMILES string of the molecule is CC(C)C(NC(=O)Nc1cccc2ccccc12)C(=O)O. The van der Waals surface area contributed by atoms with Crippen molar-refractivity contribution in [1.29, 1.82) is 0 Å². The van der Waals surface area contributed by atoms with Gasteiger partial charge in [-0.3, -0.25) is 0 Å². The highest BCUT2D eigenvalue weighted by atomic mass is 16.4. The number of urea groups is 1. The van der Waals surface area contributed by atoms with Gasteiger partial charge in [0.15, 0.2) is 0 Å². The van der Waals surface area contributed by atoms with Gasteiger partial charge in [0.1, 0.15) is 6.04 Å². The highest BCUT2D eigenvalue weighted by molar-refractivity contribution is 6.02. The number of fused-ring (bicyclic) bond motifs is 1. The van der Waals surface area contributed by atoms with Gasteiger partial charge < -0.3 is 15.7 Å². The van der Waals surface area contributed by atoms with Gasteiger partial charge in [-0.2, -0.15) is 0 Å². The molecule has 0 aliphatic carbocycles. The van der Waals surface area contributed by atoms with Crippen molar-refractivity contribution in [3.63, 3.8) is 0 Å². The molecular weight excluding hydrogens is 268 g/mol. The molecule has 0 aliphatic heterocycles. The van der Waals surface area contributed by atoms with Gasteiger partial charge in [-0.1, -0.05) is 50.2 Å². The molecule has 110 valence electrons. The maximum Gasteiger partial charge on any atom is 0.326 e. The van der Waals surface area contributed by atoms with E-state index in [0.29, 0.717) is 5.69 Å². The number of nitrogens with one attached hydrogen (secondary N) is 2. The molecule has 1 unspecified atom stereocenters. The smallest absolute Gasteiger partial charge is 0.326 e. The molecule has 2 amide bonds. The number of hydrogen-bond donors (Lipinski definition) is 3. The Hall–Kier alpha value is -2.56. The summed E-state index contributed by atoms with van der Waals surface area (Å²) in [5.74, 6) is -1.24. The third-order valence-electron chi connectivity index (χ3n) is 3.26. The predicted molar refractivity (Wildman–Crippen MR) is 82.4 cm³/mol. The molecular formula is C16H18N2O3. The normalized spacial score (nSPS) is 12.1. The molecule has 0 saturated heterocycles. The minimum absolute atomic E-state index is 0.194. The summed E-state index contributed by atoms with van der Waals surface area (Å²) in [6, 6.07) is 11.8. The minimum Gasteiger partial charge on any atom is -0.480 e. The second kappa shape index (κ2) is 6.26. The van der Waals surface area contributed by atoms with Crippen molar-refractivity contribution in [3.05, 3.63) is 42.5 Å². The first-order valence-electron chi connectivity index (χ1n) is 6.77. The van der Waals surface area contributed by atoms with Crippen molar-refractivity contribution in [2.24, 2.45) is 5.92 Å². The van der Waals surface area contributed by atoms with E-state index in [-0.39, 0.29) is 5.92 Å². The molecule has 2 aromatic rings. The Kier molecular flexibility index (Phi) is 4.42. The van der Waals surface area contributed by atoms with E-state index in [1.807, 2.05) is 36.4 Å². The average Bonchev–Trinajstić information content (AvgIpc) is 2.44. The number of carbonyl (C=O) groups excluding carboxylic acids is 1. The van der Waals surface area contributed by atoms with Crippen LogP contribution in [-0.4, -0.2) is 23.1 Å². The molecule has 3 N–H and O–H groups in total. The fraction of sp³-hybridized carbons (Fsp3) is 0.250. The van der Waals surface area contributed by atoms with Crippen LogP contribution < -0.4 is 10.6 Å². The van der Waals surface area contributed by atoms with Gasteiger partial charge in [-0.15, -0.1) is 0 Å². The third kappa shape index (κ3) is 3.51. The number of carbonyl (C=O) groups is 2. The van der Waals surface area contributed by atoms with Gasteiger partial charge in [0.25, 0.3) is 0 Å². The molecule has 0 spiro atoms. The lowest BCUT2D eigenvalue weighted by molar-refractivity contribution is -0.140. The molecule has 0 radical (unpaired) electrons. The number of benzene rings is 2. The molecule has 0 aromatic heterocycles. The highest BCUT2D eigenvalue weighted by Crippen LogP contribution is 2.22. The molecule has 0 bridgehead atoms. The zero-order valence-electron chi connectivity index (χ0n) is 12.0. The summed E-state index contributed by atoms with van der Waals surface area (Å²) >= 11 is 0. The van der Waals surface area contributed by atoms with Crippen LogP contribution in [0.15, 0.2) is 42.5 Å². The Morgan fingerprint density at radius 3 is 2.38 bits per heavy atom. The Morgan fingerprint density at radius 2 is 1.71 bits per heavy atom. The van der Waals surface area contributed by atoms with Gasteiger partial charge in [-0.05, 0) is 17.4 Å². The minimum atomic E-state index is -1.04. The fourth-order valence-corrected chi connectivity index (χ4v) is 2.15. The molecule has 0 aliphatic rings. The van der Waals surface area contributed by atoms with Crippen molar-refractivity contribution in [1.82, 2.24) is 5.32 Å². The topological polar surface area (TPSA) is 78.4 Å². The van der Waals surface area contributed by atoms with Crippen LogP contribution >= 0.6 is 0 Å². The summed E-state index contributed by atoms with van der Waals surface area (Å²) in [6.07, 6.45) is 0. The summed E-state index contributed by atoms with van der Waals surface area (Å²) in [7, 11) is 0. The number of hydrogen-bond acceptors (Lipinski definition) is 2. The Morgan fingerprint density at radius 1 is 1.05 bits per heavy atom. The van der Waals surface area contributed by atoms with Gasteiger partial charge in [0, 0.05) is 5.39 Å². The van der Waals surface area contributed by atoms with E-state index in [0.717, 1.165) is 10.8 Å². The van der Waals surface area contributed by atoms with Gasteiger partial charge >= 0.3 is 12.0 Å². The summed E-state index contributed by atoms with van der Waals surface area (Å²) < 4.78 is 0. The van der Waals surface area contributed by atoms with Crippen LogP contribution in [0.1, 0.15) is 13.8 Å². The molecule has 1 atom stereocenters. The highest BCUT2D eigenvalue weighted by Gasteiger charge is 2.23. The lowest BCUT2D eigenvalue weighted by Crippen LogP contribution is -2.46. The zero-order chi connectivity index (χ0) is 15.4. The standard InChI is InChI=1S/C16H18N2O3/c1-10(2)14(15(19)20)18-16(21)17-13-9-5-7-11-6-3-4-8-12(11)13/h3-10,14H,1-2H3,(H,19,20)(H2,17,18,21). The largest absolute Gasteiger partial charge is 0.480 e. The Bertz CT molecular complexity index is 662. The number of anilines is 1. The van der Waals surface area contributed by atoms with E-state index in [4.69, 9.17) is 5.11 Å². The number of carboxylic acids is 1. The second-order valence-electron chi connectivity index (χ2n) is 5.19. The van der Waals surface area contributed by atoms with Crippen LogP contribution in [0.4, 0.5) is 10.5 Å². The molecule has 2 aromatic carbocycles. The maximum absolute atomic E-state index is 12.0. The average molecular weight is 286 g/mol. The van der Waals surface area contributed by atoms with E-state index in [1.54, 1.807) is 19.9 Å². The Labute approximate surface area is 123 Å². The van der Waals surface area contributed by atoms with E-state index >= 15 is 0 Å². The molecule has 5 nitrogen and oxygen atoms in total. The van der Waals surface area contributed by atoms with Crippen molar-refractivity contribution in [3.8, 4) is 0 Å². The van der Waals surface area contributed by atoms with E-state index in [9.17, 15) is 9.59 Å². The third-order valence-corrected chi connectivity index (χ3v) is 3.26. The van der Waals surface area contributed by atoms with Crippen LogP contribution in [0.25, 0.3) is 10.8 Å². The van der Waals surface area contributed by atoms with Gasteiger partial charge in [0.05, 0.1) is 5.69 Å². The fourth-order valence-electron chi connectivity index (χ4n) is 2.15. The van der Waals surface area contributed by atoms with Crippen LogP contribution in [0, 0.1) is 5.92 Å². The van der Waals surface area contributed by atoms with Gasteiger partial charge in [-0.25, -0.2) is 9.59 Å². The maximum atomic E-state index is 12.0. The van der Waals surface area contributed by atoms with Crippen molar-refractivity contribution in [2.75, 3.05) is 5.32 Å². The number of aliphatic carboxylic acids is 1. The van der Waals surface area contributed by atoms with E-state index in [2.05, 4.69) is 10.6 Å². The predicted octanol–water partition coefficient (Wildman–Crippen LogP) is 3.07. The van der Waals surface area contributed by atoms with Crippen LogP contribution in [-0.2, 0) is 4.79 Å². The lowest BCUT2D eigenvalue weighted by Gasteiger charge is -2.18. The van der Waals surface area contributed by atoms with Crippen molar-refractivity contribution in [2.45, 2.75) is 19.9 Å². The van der Waals surface area contributed by atoms with E-state index < -0.39 is 18.0 Å². The number of rotatable bonds is 4. The lowest BCUT2D eigenvalue weighted by atomic mass is 10.1. The number of amides is 2. The summed E-state index contributed by atoms with van der Waals surface area (Å²) in [5, 5.41) is 16.2. The molecule has 0 saturated carbocycles. The zero-order valence-corrected chi connectivity index (χ0v) is 12.0. The summed E-state index contributed by atoms with van der Waals surface area (Å²) in [4.78, 5) is 23.1. The first kappa shape index (κ1) is 14.8. The first-order chi connectivity index (χ1) is 9.99. The molecule has 5 heteroatoms. The first-order valence-corrected chi connectivity index (χ1v) is 6.77. The van der Waals surface area contributed by atoms with Crippen LogP contribution in [0.5, 0.6) is 0 Å². The van der Waals surface area contributed by atoms with E-state index in [1.165, 1.54) is 0 Å². The van der Waals surface area contributed by atoms with Crippen LogP contribution in [0.3, 0.4) is 0 Å². The molecule has 2 rings (SSSR count). The molecule has 0 fully saturated rings. The summed E-state index contributed by atoms with van der Waals surface area (Å²) in [5.41, 5.74) is 0.651. The molecule has 0 heterocycles. The summed E-state index contributed by atoms with van der Waals surface area (Å²) in [6.45, 7) is 3.49. The number of carboxylic acid groups (broad SMARTS) is 1. The molecule has 21 heavy (non-hydrogen) atoms. The monoisotopic (exact) mass is 286 g/mol.